The van der Waals surface area contributed by atoms with E-state index in [1.807, 2.05) is 50.2 Å². The van der Waals surface area contributed by atoms with Gasteiger partial charge in [0, 0.05) is 5.56 Å². The summed E-state index contributed by atoms with van der Waals surface area (Å²) in [5.41, 5.74) is 6.65. The molecule has 1 N–H and O–H groups in total. The van der Waals surface area contributed by atoms with Crippen LogP contribution in [-0.4, -0.2) is 18.7 Å². The van der Waals surface area contributed by atoms with Gasteiger partial charge in [-0.2, -0.15) is 5.10 Å². The molecule has 0 spiro atoms. The van der Waals surface area contributed by atoms with Gasteiger partial charge in [-0.1, -0.05) is 48.6 Å². The van der Waals surface area contributed by atoms with E-state index in [0.717, 1.165) is 16.7 Å². The van der Waals surface area contributed by atoms with Crippen molar-refractivity contribution in [1.82, 2.24) is 5.43 Å². The number of rotatable bonds is 7. The number of benzene rings is 2. The molecular weight excluding hydrogens is 300 g/mol. The molecule has 0 saturated heterocycles. The Bertz CT molecular complexity index is 751. The monoisotopic (exact) mass is 322 g/mol. The van der Waals surface area contributed by atoms with E-state index in [-0.39, 0.29) is 5.91 Å². The first kappa shape index (κ1) is 17.5. The zero-order chi connectivity index (χ0) is 17.4. The summed E-state index contributed by atoms with van der Waals surface area (Å²) in [6, 6.07) is 13.5. The molecule has 0 aliphatic rings. The third kappa shape index (κ3) is 5.09. The second-order valence-electron chi connectivity index (χ2n) is 5.54. The van der Waals surface area contributed by atoms with Gasteiger partial charge in [-0.3, -0.25) is 4.79 Å². The summed E-state index contributed by atoms with van der Waals surface area (Å²) < 4.78 is 5.54. The van der Waals surface area contributed by atoms with Gasteiger partial charge >= 0.3 is 0 Å². The molecule has 0 heterocycles. The van der Waals surface area contributed by atoms with Crippen LogP contribution in [0.1, 0.15) is 22.3 Å². The van der Waals surface area contributed by atoms with Gasteiger partial charge in [-0.05, 0) is 37.1 Å². The van der Waals surface area contributed by atoms with Crippen molar-refractivity contribution in [1.29, 1.82) is 0 Å². The van der Waals surface area contributed by atoms with Gasteiger partial charge in [0.05, 0.1) is 12.6 Å². The van der Waals surface area contributed by atoms with Gasteiger partial charge in [-0.15, -0.1) is 0 Å². The maximum atomic E-state index is 12.0. The molecule has 0 atom stereocenters. The molecule has 0 bridgehead atoms. The minimum atomic E-state index is -0.150. The van der Waals surface area contributed by atoms with Crippen LogP contribution in [0.4, 0.5) is 0 Å². The largest absolute Gasteiger partial charge is 0.489 e. The summed E-state index contributed by atoms with van der Waals surface area (Å²) in [6.45, 7) is 8.09. The topological polar surface area (TPSA) is 50.7 Å². The SMILES string of the molecule is C=CCOc1ccccc1/C=N/NC(=O)Cc1ccc(C)cc1C. The van der Waals surface area contributed by atoms with Crippen LogP contribution in [0, 0.1) is 13.8 Å². The minimum Gasteiger partial charge on any atom is -0.489 e. The summed E-state index contributed by atoms with van der Waals surface area (Å²) in [4.78, 5) is 12.0. The molecule has 4 nitrogen and oxygen atoms in total. The minimum absolute atomic E-state index is 0.150. The summed E-state index contributed by atoms with van der Waals surface area (Å²) in [6.07, 6.45) is 3.57. The molecule has 24 heavy (non-hydrogen) atoms. The smallest absolute Gasteiger partial charge is 0.244 e. The first-order valence-corrected chi connectivity index (χ1v) is 7.81. The zero-order valence-corrected chi connectivity index (χ0v) is 14.1. The second-order valence-corrected chi connectivity index (χ2v) is 5.54. The van der Waals surface area contributed by atoms with Crippen LogP contribution < -0.4 is 10.2 Å². The lowest BCUT2D eigenvalue weighted by atomic mass is 10.0. The fraction of sp³-hybridized carbons (Fsp3) is 0.200. The van der Waals surface area contributed by atoms with Crippen LogP contribution in [0.5, 0.6) is 5.75 Å². The van der Waals surface area contributed by atoms with Gasteiger partial charge in [0.25, 0.3) is 0 Å². The first-order chi connectivity index (χ1) is 11.6. The third-order valence-electron chi connectivity index (χ3n) is 3.52. The summed E-state index contributed by atoms with van der Waals surface area (Å²) >= 11 is 0. The normalized spacial score (nSPS) is 10.6. The van der Waals surface area contributed by atoms with E-state index in [4.69, 9.17) is 4.74 Å². The molecular formula is C20H22N2O2. The lowest BCUT2D eigenvalue weighted by Crippen LogP contribution is -2.20. The van der Waals surface area contributed by atoms with Gasteiger partial charge in [0.2, 0.25) is 5.91 Å². The molecule has 0 aromatic heterocycles. The van der Waals surface area contributed by atoms with E-state index >= 15 is 0 Å². The summed E-state index contributed by atoms with van der Waals surface area (Å²) in [5.74, 6) is 0.549. The summed E-state index contributed by atoms with van der Waals surface area (Å²) in [5, 5.41) is 4.02. The number of nitrogens with one attached hydrogen (secondary N) is 1. The number of carbonyl (C=O) groups is 1. The third-order valence-corrected chi connectivity index (χ3v) is 3.52. The molecule has 124 valence electrons. The zero-order valence-electron chi connectivity index (χ0n) is 14.1. The van der Waals surface area contributed by atoms with Crippen molar-refractivity contribution in [2.75, 3.05) is 6.61 Å². The van der Waals surface area contributed by atoms with E-state index in [1.165, 1.54) is 5.56 Å². The van der Waals surface area contributed by atoms with Gasteiger partial charge in [-0.25, -0.2) is 5.43 Å². The number of hydrazone groups is 1. The molecule has 2 rings (SSSR count). The lowest BCUT2D eigenvalue weighted by molar-refractivity contribution is -0.120. The van der Waals surface area contributed by atoms with Gasteiger partial charge in [0.15, 0.2) is 0 Å². The van der Waals surface area contributed by atoms with E-state index in [0.29, 0.717) is 18.8 Å². The van der Waals surface area contributed by atoms with Crippen molar-refractivity contribution in [2.24, 2.45) is 5.10 Å². The predicted molar refractivity (Wildman–Crippen MR) is 97.5 cm³/mol. The van der Waals surface area contributed by atoms with E-state index in [9.17, 15) is 4.79 Å². The number of amides is 1. The fourth-order valence-corrected chi connectivity index (χ4v) is 2.30. The van der Waals surface area contributed by atoms with Crippen molar-refractivity contribution < 1.29 is 9.53 Å². The molecule has 4 heteroatoms. The molecule has 0 radical (unpaired) electrons. The average Bonchev–Trinajstić information content (AvgIpc) is 2.56. The molecule has 2 aromatic carbocycles. The Hall–Kier alpha value is -2.88. The molecule has 2 aromatic rings. The Morgan fingerprint density at radius 2 is 2.04 bits per heavy atom. The number of aryl methyl sites for hydroxylation is 2. The Kier molecular flexibility index (Phi) is 6.32. The quantitative estimate of drug-likeness (QED) is 0.481. The fourth-order valence-electron chi connectivity index (χ4n) is 2.30. The van der Waals surface area contributed by atoms with Gasteiger partial charge < -0.3 is 4.74 Å². The Labute approximate surface area is 142 Å². The van der Waals surface area contributed by atoms with Crippen molar-refractivity contribution >= 4 is 12.1 Å². The molecule has 0 saturated carbocycles. The lowest BCUT2D eigenvalue weighted by Gasteiger charge is -2.07. The number of para-hydroxylation sites is 1. The highest BCUT2D eigenvalue weighted by molar-refractivity contribution is 5.85. The highest BCUT2D eigenvalue weighted by Gasteiger charge is 2.05. The Morgan fingerprint density at radius 3 is 2.79 bits per heavy atom. The molecule has 0 aliphatic heterocycles. The number of hydrogen-bond acceptors (Lipinski definition) is 3. The molecule has 1 amide bonds. The van der Waals surface area contributed by atoms with Crippen molar-refractivity contribution in [3.8, 4) is 5.75 Å². The van der Waals surface area contributed by atoms with Crippen molar-refractivity contribution in [3.63, 3.8) is 0 Å². The van der Waals surface area contributed by atoms with E-state index in [1.54, 1.807) is 12.3 Å². The van der Waals surface area contributed by atoms with Crippen LogP contribution in [0.2, 0.25) is 0 Å². The highest BCUT2D eigenvalue weighted by Crippen LogP contribution is 2.15. The van der Waals surface area contributed by atoms with Crippen LogP contribution in [0.15, 0.2) is 60.2 Å². The van der Waals surface area contributed by atoms with Crippen LogP contribution >= 0.6 is 0 Å². The number of nitrogens with zero attached hydrogens (tertiary/aromatic N) is 1. The van der Waals surface area contributed by atoms with Crippen LogP contribution in [-0.2, 0) is 11.2 Å². The maximum absolute atomic E-state index is 12.0. The highest BCUT2D eigenvalue weighted by atomic mass is 16.5. The first-order valence-electron chi connectivity index (χ1n) is 7.81. The molecule has 0 fully saturated rings. The number of hydrogen-bond donors (Lipinski definition) is 1. The Morgan fingerprint density at radius 1 is 1.25 bits per heavy atom. The average molecular weight is 322 g/mol. The number of carbonyl (C=O) groups excluding carboxylic acids is 1. The van der Waals surface area contributed by atoms with Crippen LogP contribution in [0.3, 0.4) is 0 Å². The van der Waals surface area contributed by atoms with Crippen molar-refractivity contribution in [3.05, 3.63) is 77.4 Å². The standard InChI is InChI=1S/C20H22N2O2/c1-4-11-24-19-8-6-5-7-18(19)14-21-22-20(23)13-17-10-9-15(2)12-16(17)3/h4-10,12,14H,1,11,13H2,2-3H3,(H,22,23)/b21-14+. The van der Waals surface area contributed by atoms with E-state index in [2.05, 4.69) is 23.2 Å². The second kappa shape index (κ2) is 8.67. The van der Waals surface area contributed by atoms with E-state index < -0.39 is 0 Å². The molecule has 0 aliphatic carbocycles. The van der Waals surface area contributed by atoms with Gasteiger partial charge in [0.1, 0.15) is 12.4 Å². The number of ether oxygens (including phenoxy) is 1. The Balaban J connectivity index is 1.96. The maximum Gasteiger partial charge on any atom is 0.244 e. The predicted octanol–water partition coefficient (Wildman–Crippen LogP) is 3.56. The van der Waals surface area contributed by atoms with Crippen molar-refractivity contribution in [2.45, 2.75) is 20.3 Å². The molecule has 0 unspecified atom stereocenters. The van der Waals surface area contributed by atoms with Crippen LogP contribution in [0.25, 0.3) is 0 Å². The summed E-state index contributed by atoms with van der Waals surface area (Å²) in [7, 11) is 0.